The van der Waals surface area contributed by atoms with Gasteiger partial charge in [-0.05, 0) is 40.5 Å². The summed E-state index contributed by atoms with van der Waals surface area (Å²) < 4.78 is 0.969. The monoisotopic (exact) mass is 320 g/mol. The summed E-state index contributed by atoms with van der Waals surface area (Å²) in [5.41, 5.74) is 2.68. The molecule has 0 aliphatic carbocycles. The number of para-hydroxylation sites is 1. The van der Waals surface area contributed by atoms with Crippen molar-refractivity contribution in [3.8, 4) is 0 Å². The largest absolute Gasteiger partial charge is 0.380 e. The molecule has 0 fully saturated rings. The van der Waals surface area contributed by atoms with Crippen molar-refractivity contribution >= 4 is 27.3 Å². The highest BCUT2D eigenvalue weighted by Gasteiger charge is 2.10. The maximum atomic E-state index is 10.9. The van der Waals surface area contributed by atoms with Gasteiger partial charge in [0.25, 0.3) is 5.69 Å². The summed E-state index contributed by atoms with van der Waals surface area (Å²) in [5, 5.41) is 14.1. The van der Waals surface area contributed by atoms with Crippen LogP contribution >= 0.6 is 15.9 Å². The summed E-state index contributed by atoms with van der Waals surface area (Å²) in [6.45, 7) is 2.28. The number of anilines is 1. The molecule has 0 aromatic heterocycles. The standard InChI is InChI=1S/C14H13BrN2O2/c1-10-6-7-11(8-14(10)17(18)19)9-16-13-5-3-2-4-12(13)15/h2-8,16H,9H2,1H3. The lowest BCUT2D eigenvalue weighted by Gasteiger charge is -2.08. The Hall–Kier alpha value is -1.88. The molecule has 19 heavy (non-hydrogen) atoms. The average molecular weight is 321 g/mol. The fraction of sp³-hybridized carbons (Fsp3) is 0.143. The Morgan fingerprint density at radius 3 is 2.68 bits per heavy atom. The Balaban J connectivity index is 2.14. The second-order valence-electron chi connectivity index (χ2n) is 4.21. The van der Waals surface area contributed by atoms with E-state index in [1.165, 1.54) is 0 Å². The Morgan fingerprint density at radius 1 is 1.26 bits per heavy atom. The molecule has 0 saturated carbocycles. The Morgan fingerprint density at radius 2 is 2.00 bits per heavy atom. The number of nitro benzene ring substituents is 1. The molecule has 0 radical (unpaired) electrons. The molecule has 0 spiro atoms. The maximum absolute atomic E-state index is 10.9. The van der Waals surface area contributed by atoms with Gasteiger partial charge in [0.05, 0.1) is 4.92 Å². The number of hydrogen-bond acceptors (Lipinski definition) is 3. The Labute approximate surface area is 119 Å². The van der Waals surface area contributed by atoms with Gasteiger partial charge in [0.2, 0.25) is 0 Å². The third kappa shape index (κ3) is 3.32. The van der Waals surface area contributed by atoms with Crippen LogP contribution in [-0.4, -0.2) is 4.92 Å². The maximum Gasteiger partial charge on any atom is 0.272 e. The number of nitrogens with zero attached hydrogens (tertiary/aromatic N) is 1. The molecule has 0 atom stereocenters. The number of benzene rings is 2. The lowest BCUT2D eigenvalue weighted by Crippen LogP contribution is -2.01. The third-order valence-electron chi connectivity index (χ3n) is 2.83. The number of hydrogen-bond donors (Lipinski definition) is 1. The topological polar surface area (TPSA) is 55.2 Å². The van der Waals surface area contributed by atoms with Gasteiger partial charge in [0.1, 0.15) is 0 Å². The molecular weight excluding hydrogens is 308 g/mol. The predicted molar refractivity (Wildman–Crippen MR) is 79.3 cm³/mol. The number of nitrogens with one attached hydrogen (secondary N) is 1. The van der Waals surface area contributed by atoms with Crippen molar-refractivity contribution in [3.05, 3.63) is 68.2 Å². The van der Waals surface area contributed by atoms with Crippen molar-refractivity contribution in [2.45, 2.75) is 13.5 Å². The third-order valence-corrected chi connectivity index (χ3v) is 3.52. The molecule has 0 aliphatic rings. The first-order valence-electron chi connectivity index (χ1n) is 5.80. The summed E-state index contributed by atoms with van der Waals surface area (Å²) in [5.74, 6) is 0. The molecule has 0 bridgehead atoms. The van der Waals surface area contributed by atoms with Gasteiger partial charge in [-0.2, -0.15) is 0 Å². The van der Waals surface area contributed by atoms with Crippen LogP contribution in [0.5, 0.6) is 0 Å². The van der Waals surface area contributed by atoms with Crippen molar-refractivity contribution in [1.29, 1.82) is 0 Å². The van der Waals surface area contributed by atoms with Crippen LogP contribution in [-0.2, 0) is 6.54 Å². The number of aryl methyl sites for hydroxylation is 1. The SMILES string of the molecule is Cc1ccc(CNc2ccccc2Br)cc1[N+](=O)[O-]. The smallest absolute Gasteiger partial charge is 0.272 e. The summed E-state index contributed by atoms with van der Waals surface area (Å²) in [6.07, 6.45) is 0. The lowest BCUT2D eigenvalue weighted by atomic mass is 10.1. The second kappa shape index (κ2) is 5.84. The number of nitro groups is 1. The van der Waals surface area contributed by atoms with E-state index in [1.807, 2.05) is 30.3 Å². The van der Waals surface area contributed by atoms with Gasteiger partial charge in [-0.25, -0.2) is 0 Å². The first-order chi connectivity index (χ1) is 9.08. The molecule has 2 aromatic rings. The van der Waals surface area contributed by atoms with E-state index in [2.05, 4.69) is 21.2 Å². The van der Waals surface area contributed by atoms with E-state index in [0.29, 0.717) is 12.1 Å². The van der Waals surface area contributed by atoms with Crippen LogP contribution < -0.4 is 5.32 Å². The van der Waals surface area contributed by atoms with Crippen LogP contribution in [0.3, 0.4) is 0 Å². The molecule has 0 amide bonds. The van der Waals surface area contributed by atoms with Crippen LogP contribution in [0, 0.1) is 17.0 Å². The van der Waals surface area contributed by atoms with Crippen LogP contribution in [0.4, 0.5) is 11.4 Å². The lowest BCUT2D eigenvalue weighted by molar-refractivity contribution is -0.385. The molecule has 0 aliphatic heterocycles. The highest BCUT2D eigenvalue weighted by atomic mass is 79.9. The zero-order valence-corrected chi connectivity index (χ0v) is 12.0. The average Bonchev–Trinajstić information content (AvgIpc) is 2.39. The van der Waals surface area contributed by atoms with Gasteiger partial charge < -0.3 is 5.32 Å². The minimum Gasteiger partial charge on any atom is -0.380 e. The molecule has 2 rings (SSSR count). The Kier molecular flexibility index (Phi) is 4.16. The van der Waals surface area contributed by atoms with Crippen LogP contribution in [0.25, 0.3) is 0 Å². The van der Waals surface area contributed by atoms with E-state index in [1.54, 1.807) is 19.1 Å². The van der Waals surface area contributed by atoms with Gasteiger partial charge in [0, 0.05) is 28.3 Å². The molecule has 5 heteroatoms. The van der Waals surface area contributed by atoms with Crippen LogP contribution in [0.1, 0.15) is 11.1 Å². The summed E-state index contributed by atoms with van der Waals surface area (Å²) in [6, 6.07) is 13.0. The van der Waals surface area contributed by atoms with E-state index in [-0.39, 0.29) is 10.6 Å². The molecule has 0 unspecified atom stereocenters. The molecular formula is C14H13BrN2O2. The summed E-state index contributed by atoms with van der Waals surface area (Å²) in [4.78, 5) is 10.5. The van der Waals surface area contributed by atoms with Crippen molar-refractivity contribution in [3.63, 3.8) is 0 Å². The Bertz CT molecular complexity index is 614. The highest BCUT2D eigenvalue weighted by molar-refractivity contribution is 9.10. The minimum absolute atomic E-state index is 0.159. The van der Waals surface area contributed by atoms with Gasteiger partial charge in [-0.15, -0.1) is 0 Å². The zero-order chi connectivity index (χ0) is 13.8. The fourth-order valence-electron chi connectivity index (χ4n) is 1.76. The molecule has 0 saturated heterocycles. The molecule has 98 valence electrons. The zero-order valence-electron chi connectivity index (χ0n) is 10.4. The van der Waals surface area contributed by atoms with Crippen LogP contribution in [0.15, 0.2) is 46.9 Å². The van der Waals surface area contributed by atoms with E-state index < -0.39 is 0 Å². The summed E-state index contributed by atoms with van der Waals surface area (Å²) >= 11 is 3.45. The minimum atomic E-state index is -0.350. The molecule has 2 aromatic carbocycles. The molecule has 0 heterocycles. The summed E-state index contributed by atoms with van der Waals surface area (Å²) in [7, 11) is 0. The van der Waals surface area contributed by atoms with Gasteiger partial charge in [0.15, 0.2) is 0 Å². The van der Waals surface area contributed by atoms with Crippen molar-refractivity contribution < 1.29 is 4.92 Å². The van der Waals surface area contributed by atoms with Crippen molar-refractivity contribution in [2.75, 3.05) is 5.32 Å². The number of halogens is 1. The van der Waals surface area contributed by atoms with E-state index in [0.717, 1.165) is 15.7 Å². The van der Waals surface area contributed by atoms with Crippen molar-refractivity contribution in [2.24, 2.45) is 0 Å². The molecule has 1 N–H and O–H groups in total. The highest BCUT2D eigenvalue weighted by Crippen LogP contribution is 2.23. The fourth-order valence-corrected chi connectivity index (χ4v) is 2.19. The first-order valence-corrected chi connectivity index (χ1v) is 6.59. The van der Waals surface area contributed by atoms with Gasteiger partial charge in [-0.1, -0.05) is 24.3 Å². The van der Waals surface area contributed by atoms with E-state index in [9.17, 15) is 10.1 Å². The number of rotatable bonds is 4. The molecule has 4 nitrogen and oxygen atoms in total. The van der Waals surface area contributed by atoms with Crippen LogP contribution in [0.2, 0.25) is 0 Å². The normalized spacial score (nSPS) is 10.2. The first kappa shape index (κ1) is 13.5. The second-order valence-corrected chi connectivity index (χ2v) is 5.07. The van der Waals surface area contributed by atoms with Crippen molar-refractivity contribution in [1.82, 2.24) is 0 Å². The van der Waals surface area contributed by atoms with E-state index >= 15 is 0 Å². The van der Waals surface area contributed by atoms with Gasteiger partial charge >= 0.3 is 0 Å². The predicted octanol–water partition coefficient (Wildman–Crippen LogP) is 4.28. The quantitative estimate of drug-likeness (QED) is 0.675. The van der Waals surface area contributed by atoms with E-state index in [4.69, 9.17) is 0 Å². The van der Waals surface area contributed by atoms with Gasteiger partial charge in [-0.3, -0.25) is 10.1 Å².